The van der Waals surface area contributed by atoms with Gasteiger partial charge in [-0.1, -0.05) is 26.0 Å². The number of amides is 2. The second-order valence-electron chi connectivity index (χ2n) is 8.87. The number of aryl methyl sites for hydroxylation is 1. The van der Waals surface area contributed by atoms with Gasteiger partial charge in [0, 0.05) is 28.1 Å². The normalized spacial score (nSPS) is 11.6. The number of aliphatic hydroxyl groups excluding tert-OH is 1. The fourth-order valence-electron chi connectivity index (χ4n) is 3.64. The van der Waals surface area contributed by atoms with Crippen molar-refractivity contribution in [3.05, 3.63) is 82.7 Å². The highest BCUT2D eigenvalue weighted by molar-refractivity contribution is 6.10. The smallest absolute Gasteiger partial charge is 0.336 e. The fraction of sp³-hybridized carbons (Fsp3) is 0.222. The van der Waals surface area contributed by atoms with Gasteiger partial charge in [0.05, 0.1) is 18.2 Å². The molecule has 10 nitrogen and oxygen atoms in total. The van der Waals surface area contributed by atoms with Crippen molar-refractivity contribution in [1.82, 2.24) is 10.3 Å². The van der Waals surface area contributed by atoms with Crippen LogP contribution < -0.4 is 16.4 Å². The number of benzene rings is 2. The standard InChI is InChI=1S/C27H29N5O5/c1-14(2)22(13-33)32-25(34)17-7-11-19(21(12-17)27(36)37)20-10-4-15(3)30-23(20)26(35)31-18-8-5-16(6-9-18)24(28)29/h4-12,14,22,33H,13H2,1-3H3,(H3,28,29)(H,31,35)(H,32,34)(H,36,37)/t22-/m1/s1. The lowest BCUT2D eigenvalue weighted by molar-refractivity contribution is 0.0697. The van der Waals surface area contributed by atoms with Crippen LogP contribution in [0.2, 0.25) is 0 Å². The van der Waals surface area contributed by atoms with Gasteiger partial charge in [-0.15, -0.1) is 0 Å². The van der Waals surface area contributed by atoms with E-state index < -0.39 is 23.8 Å². The first kappa shape index (κ1) is 27.0. The molecule has 192 valence electrons. The number of aromatic carboxylic acids is 1. The van der Waals surface area contributed by atoms with Gasteiger partial charge in [0.1, 0.15) is 11.5 Å². The Hall–Kier alpha value is -4.57. The van der Waals surface area contributed by atoms with Crippen molar-refractivity contribution in [3.63, 3.8) is 0 Å². The molecule has 1 heterocycles. The number of amidine groups is 1. The Labute approximate surface area is 214 Å². The molecular weight excluding hydrogens is 474 g/mol. The summed E-state index contributed by atoms with van der Waals surface area (Å²) in [6, 6.07) is 13.3. The third kappa shape index (κ3) is 6.36. The van der Waals surface area contributed by atoms with Gasteiger partial charge in [-0.05, 0) is 60.9 Å². The molecule has 0 bridgehead atoms. The van der Waals surface area contributed by atoms with E-state index in [0.717, 1.165) is 0 Å². The quantitative estimate of drug-likeness (QED) is 0.192. The van der Waals surface area contributed by atoms with Crippen LogP contribution in [0.1, 0.15) is 56.3 Å². The maximum atomic E-state index is 13.2. The van der Waals surface area contributed by atoms with Crippen LogP contribution in [0.5, 0.6) is 0 Å². The molecule has 7 N–H and O–H groups in total. The number of nitrogens with zero attached hydrogens (tertiary/aromatic N) is 1. The largest absolute Gasteiger partial charge is 0.478 e. The van der Waals surface area contributed by atoms with Gasteiger partial charge in [-0.25, -0.2) is 9.78 Å². The summed E-state index contributed by atoms with van der Waals surface area (Å²) in [7, 11) is 0. The minimum atomic E-state index is -1.28. The van der Waals surface area contributed by atoms with Gasteiger partial charge in [-0.3, -0.25) is 15.0 Å². The average molecular weight is 504 g/mol. The third-order valence-electron chi connectivity index (χ3n) is 5.82. The molecule has 37 heavy (non-hydrogen) atoms. The molecule has 0 saturated carbocycles. The number of carbonyl (C=O) groups is 3. The predicted molar refractivity (Wildman–Crippen MR) is 140 cm³/mol. The van der Waals surface area contributed by atoms with Crippen LogP contribution in [0.3, 0.4) is 0 Å². The number of hydrogen-bond donors (Lipinski definition) is 6. The Kier molecular flexibility index (Phi) is 8.36. The second kappa shape index (κ2) is 11.4. The minimum absolute atomic E-state index is 0.00972. The van der Waals surface area contributed by atoms with E-state index in [2.05, 4.69) is 15.6 Å². The maximum Gasteiger partial charge on any atom is 0.336 e. The number of anilines is 1. The van der Waals surface area contributed by atoms with Gasteiger partial charge in [0.25, 0.3) is 11.8 Å². The van der Waals surface area contributed by atoms with Crippen molar-refractivity contribution < 1.29 is 24.6 Å². The number of aliphatic hydroxyl groups is 1. The van der Waals surface area contributed by atoms with E-state index in [-0.39, 0.29) is 46.3 Å². The molecule has 0 fully saturated rings. The predicted octanol–water partition coefficient (Wildman–Crippen LogP) is 3.04. The molecule has 2 amide bonds. The monoisotopic (exact) mass is 503 g/mol. The molecule has 3 rings (SSSR count). The molecule has 0 saturated heterocycles. The summed E-state index contributed by atoms with van der Waals surface area (Å²) >= 11 is 0. The van der Waals surface area contributed by atoms with Crippen LogP contribution in [0, 0.1) is 18.3 Å². The van der Waals surface area contributed by atoms with Gasteiger partial charge >= 0.3 is 5.97 Å². The molecule has 0 unspecified atom stereocenters. The summed E-state index contributed by atoms with van der Waals surface area (Å²) in [6.45, 7) is 5.15. The lowest BCUT2D eigenvalue weighted by Crippen LogP contribution is -2.41. The van der Waals surface area contributed by atoms with E-state index in [1.54, 1.807) is 43.3 Å². The number of nitrogens with two attached hydrogens (primary N) is 1. The van der Waals surface area contributed by atoms with Gasteiger partial charge < -0.3 is 26.6 Å². The summed E-state index contributed by atoms with van der Waals surface area (Å²) < 4.78 is 0. The molecule has 1 aromatic heterocycles. The van der Waals surface area contributed by atoms with E-state index in [1.165, 1.54) is 18.2 Å². The fourth-order valence-corrected chi connectivity index (χ4v) is 3.64. The molecule has 2 aromatic carbocycles. The SMILES string of the molecule is Cc1ccc(-c2ccc(C(=O)N[C@H](CO)C(C)C)cc2C(=O)O)c(C(=O)Nc2ccc(C(=N)N)cc2)n1. The topological polar surface area (TPSA) is 178 Å². The molecule has 0 aliphatic rings. The molecule has 1 atom stereocenters. The minimum Gasteiger partial charge on any atom is -0.478 e. The van der Waals surface area contributed by atoms with Crippen LogP contribution in [0.15, 0.2) is 54.6 Å². The Morgan fingerprint density at radius 3 is 2.16 bits per heavy atom. The highest BCUT2D eigenvalue weighted by atomic mass is 16.4. The molecule has 0 aliphatic heterocycles. The Morgan fingerprint density at radius 2 is 1.59 bits per heavy atom. The van der Waals surface area contributed by atoms with Crippen molar-refractivity contribution in [2.45, 2.75) is 26.8 Å². The molecule has 10 heteroatoms. The number of pyridine rings is 1. The molecule has 0 aliphatic carbocycles. The molecule has 3 aromatic rings. The van der Waals surface area contributed by atoms with Gasteiger partial charge in [0.15, 0.2) is 0 Å². The Bertz CT molecular complexity index is 1350. The van der Waals surface area contributed by atoms with Crippen LogP contribution in [0.25, 0.3) is 11.1 Å². The molecular formula is C27H29N5O5. The number of nitrogens with one attached hydrogen (secondary N) is 3. The number of rotatable bonds is 9. The van der Waals surface area contributed by atoms with E-state index in [1.807, 2.05) is 13.8 Å². The highest BCUT2D eigenvalue weighted by Gasteiger charge is 2.23. The zero-order chi connectivity index (χ0) is 27.3. The van der Waals surface area contributed by atoms with Crippen molar-refractivity contribution in [3.8, 4) is 11.1 Å². The number of aromatic nitrogens is 1. The van der Waals surface area contributed by atoms with Crippen molar-refractivity contribution in [2.75, 3.05) is 11.9 Å². The lowest BCUT2D eigenvalue weighted by Gasteiger charge is -2.20. The van der Waals surface area contributed by atoms with Gasteiger partial charge in [-0.2, -0.15) is 0 Å². The van der Waals surface area contributed by atoms with Crippen LogP contribution in [0.4, 0.5) is 5.69 Å². The summed E-state index contributed by atoms with van der Waals surface area (Å²) in [5.41, 5.74) is 7.41. The summed E-state index contributed by atoms with van der Waals surface area (Å²) in [5.74, 6) is -2.48. The number of nitrogen functional groups attached to an aromatic ring is 1. The molecule has 0 radical (unpaired) electrons. The zero-order valence-corrected chi connectivity index (χ0v) is 20.7. The Morgan fingerprint density at radius 1 is 0.973 bits per heavy atom. The van der Waals surface area contributed by atoms with E-state index in [4.69, 9.17) is 11.1 Å². The van der Waals surface area contributed by atoms with Crippen LogP contribution in [-0.4, -0.2) is 51.5 Å². The number of carbonyl (C=O) groups excluding carboxylic acids is 2. The number of carboxylic acids is 1. The van der Waals surface area contributed by atoms with Crippen molar-refractivity contribution >= 4 is 29.3 Å². The summed E-state index contributed by atoms with van der Waals surface area (Å²) in [5, 5.41) is 32.3. The molecule has 0 spiro atoms. The van der Waals surface area contributed by atoms with E-state index in [0.29, 0.717) is 16.9 Å². The summed E-state index contributed by atoms with van der Waals surface area (Å²) in [6.07, 6.45) is 0. The van der Waals surface area contributed by atoms with Crippen LogP contribution >= 0.6 is 0 Å². The van der Waals surface area contributed by atoms with Crippen molar-refractivity contribution in [2.24, 2.45) is 11.7 Å². The lowest BCUT2D eigenvalue weighted by atomic mass is 9.95. The highest BCUT2D eigenvalue weighted by Crippen LogP contribution is 2.29. The van der Waals surface area contributed by atoms with Gasteiger partial charge in [0.2, 0.25) is 0 Å². The maximum absolute atomic E-state index is 13.2. The average Bonchev–Trinajstić information content (AvgIpc) is 2.86. The first-order chi connectivity index (χ1) is 17.5. The zero-order valence-electron chi connectivity index (χ0n) is 20.7. The summed E-state index contributed by atoms with van der Waals surface area (Å²) in [4.78, 5) is 42.4. The first-order valence-corrected chi connectivity index (χ1v) is 11.5. The Balaban J connectivity index is 1.99. The number of carboxylic acid groups (broad SMARTS) is 1. The van der Waals surface area contributed by atoms with Crippen molar-refractivity contribution in [1.29, 1.82) is 5.41 Å². The van der Waals surface area contributed by atoms with E-state index in [9.17, 15) is 24.6 Å². The van der Waals surface area contributed by atoms with E-state index >= 15 is 0 Å². The van der Waals surface area contributed by atoms with Crippen LogP contribution in [-0.2, 0) is 0 Å². The second-order valence-corrected chi connectivity index (χ2v) is 8.87. The third-order valence-corrected chi connectivity index (χ3v) is 5.82. The number of hydrogen-bond acceptors (Lipinski definition) is 6. The first-order valence-electron chi connectivity index (χ1n) is 11.5.